The van der Waals surface area contributed by atoms with Gasteiger partial charge in [-0.05, 0) is 48.8 Å². The lowest BCUT2D eigenvalue weighted by Gasteiger charge is -2.25. The highest BCUT2D eigenvalue weighted by Gasteiger charge is 2.43. The van der Waals surface area contributed by atoms with Gasteiger partial charge in [-0.15, -0.1) is 0 Å². The van der Waals surface area contributed by atoms with E-state index in [0.29, 0.717) is 5.92 Å². The van der Waals surface area contributed by atoms with Gasteiger partial charge < -0.3 is 10.5 Å². The molecule has 2 heteroatoms. The Morgan fingerprint density at radius 1 is 1.21 bits per heavy atom. The molecule has 19 heavy (non-hydrogen) atoms. The van der Waals surface area contributed by atoms with Crippen LogP contribution in [0.25, 0.3) is 0 Å². The van der Waals surface area contributed by atoms with Crippen molar-refractivity contribution >= 4 is 0 Å². The van der Waals surface area contributed by atoms with Crippen molar-refractivity contribution in [3.05, 3.63) is 29.3 Å². The van der Waals surface area contributed by atoms with Crippen LogP contribution in [0.1, 0.15) is 62.0 Å². The molecule has 1 aromatic rings. The van der Waals surface area contributed by atoms with E-state index in [-0.39, 0.29) is 5.41 Å². The first-order valence-electron chi connectivity index (χ1n) is 7.67. The van der Waals surface area contributed by atoms with E-state index < -0.39 is 0 Å². The Labute approximate surface area is 116 Å². The minimum Gasteiger partial charge on any atom is -0.496 e. The summed E-state index contributed by atoms with van der Waals surface area (Å²) in [6.45, 7) is 0.781. The highest BCUT2D eigenvalue weighted by Crippen LogP contribution is 2.49. The summed E-state index contributed by atoms with van der Waals surface area (Å²) in [5.74, 6) is 1.76. The second kappa shape index (κ2) is 5.16. The van der Waals surface area contributed by atoms with Gasteiger partial charge in [0.15, 0.2) is 0 Å². The van der Waals surface area contributed by atoms with E-state index in [4.69, 9.17) is 10.5 Å². The zero-order valence-corrected chi connectivity index (χ0v) is 12.0. The predicted molar refractivity (Wildman–Crippen MR) is 78.8 cm³/mol. The lowest BCUT2D eigenvalue weighted by molar-refractivity contribution is 0.386. The number of hydrogen-bond donors (Lipinski definition) is 1. The fraction of sp³-hybridized carbons (Fsp3) is 0.647. The molecular weight excluding hydrogens is 234 g/mol. The fourth-order valence-electron chi connectivity index (χ4n) is 3.56. The Morgan fingerprint density at radius 2 is 1.95 bits per heavy atom. The SMILES string of the molecule is COc1ccc(C2(CN)CC2)cc1C1CCCCC1. The van der Waals surface area contributed by atoms with Crippen molar-refractivity contribution in [2.75, 3.05) is 13.7 Å². The highest BCUT2D eigenvalue weighted by atomic mass is 16.5. The molecule has 2 nitrogen and oxygen atoms in total. The Morgan fingerprint density at radius 3 is 2.53 bits per heavy atom. The molecule has 2 N–H and O–H groups in total. The van der Waals surface area contributed by atoms with Gasteiger partial charge >= 0.3 is 0 Å². The Bertz CT molecular complexity index is 445. The van der Waals surface area contributed by atoms with Gasteiger partial charge in [0.05, 0.1) is 7.11 Å². The molecule has 0 saturated heterocycles. The van der Waals surface area contributed by atoms with Crippen molar-refractivity contribution < 1.29 is 4.74 Å². The molecule has 0 unspecified atom stereocenters. The minimum absolute atomic E-state index is 0.287. The summed E-state index contributed by atoms with van der Waals surface area (Å²) in [6, 6.07) is 6.79. The normalized spacial score (nSPS) is 22.2. The molecule has 0 amide bonds. The number of methoxy groups -OCH3 is 1. The van der Waals surface area contributed by atoms with E-state index >= 15 is 0 Å². The van der Waals surface area contributed by atoms with Crippen molar-refractivity contribution in [2.45, 2.75) is 56.3 Å². The summed E-state index contributed by atoms with van der Waals surface area (Å²) in [7, 11) is 1.79. The average molecular weight is 259 g/mol. The predicted octanol–water partition coefficient (Wildman–Crippen LogP) is 3.73. The van der Waals surface area contributed by atoms with Gasteiger partial charge in [0.2, 0.25) is 0 Å². The monoisotopic (exact) mass is 259 g/mol. The quantitative estimate of drug-likeness (QED) is 0.894. The van der Waals surface area contributed by atoms with Crippen molar-refractivity contribution in [1.82, 2.24) is 0 Å². The van der Waals surface area contributed by atoms with Crippen LogP contribution in [0.15, 0.2) is 18.2 Å². The molecule has 0 bridgehead atoms. The standard InChI is InChI=1S/C17H25NO/c1-19-16-8-7-14(17(12-18)9-10-17)11-15(16)13-5-3-2-4-6-13/h7-8,11,13H,2-6,9-10,12,18H2,1H3. The maximum Gasteiger partial charge on any atom is 0.122 e. The van der Waals surface area contributed by atoms with Gasteiger partial charge in [0, 0.05) is 12.0 Å². The first-order valence-corrected chi connectivity index (χ1v) is 7.67. The van der Waals surface area contributed by atoms with Gasteiger partial charge in [-0.3, -0.25) is 0 Å². The summed E-state index contributed by atoms with van der Waals surface area (Å²) in [6.07, 6.45) is 9.25. The van der Waals surface area contributed by atoms with Crippen LogP contribution in [-0.2, 0) is 5.41 Å². The van der Waals surface area contributed by atoms with Gasteiger partial charge in [0.1, 0.15) is 5.75 Å². The van der Waals surface area contributed by atoms with E-state index in [2.05, 4.69) is 18.2 Å². The van der Waals surface area contributed by atoms with Gasteiger partial charge in [-0.2, -0.15) is 0 Å². The molecule has 0 heterocycles. The van der Waals surface area contributed by atoms with Crippen LogP contribution in [0.5, 0.6) is 5.75 Å². The first kappa shape index (κ1) is 13.0. The third-order valence-corrected chi connectivity index (χ3v) is 5.13. The van der Waals surface area contributed by atoms with Crippen molar-refractivity contribution in [3.8, 4) is 5.75 Å². The molecule has 3 rings (SSSR count). The molecule has 0 aromatic heterocycles. The molecule has 2 aliphatic carbocycles. The molecular formula is C17H25NO. The van der Waals surface area contributed by atoms with Crippen molar-refractivity contribution in [2.24, 2.45) is 5.73 Å². The lowest BCUT2D eigenvalue weighted by Crippen LogP contribution is -2.20. The summed E-state index contributed by atoms with van der Waals surface area (Å²) in [4.78, 5) is 0. The van der Waals surface area contributed by atoms with Crippen LogP contribution in [0.3, 0.4) is 0 Å². The fourth-order valence-corrected chi connectivity index (χ4v) is 3.56. The van der Waals surface area contributed by atoms with Crippen LogP contribution in [0.4, 0.5) is 0 Å². The van der Waals surface area contributed by atoms with E-state index in [1.165, 1.54) is 56.1 Å². The topological polar surface area (TPSA) is 35.2 Å². The Kier molecular flexibility index (Phi) is 3.53. The summed E-state index contributed by atoms with van der Waals surface area (Å²) in [5.41, 5.74) is 9.13. The van der Waals surface area contributed by atoms with Gasteiger partial charge in [-0.25, -0.2) is 0 Å². The summed E-state index contributed by atoms with van der Waals surface area (Å²) < 4.78 is 5.59. The Hall–Kier alpha value is -1.02. The first-order chi connectivity index (χ1) is 9.29. The largest absolute Gasteiger partial charge is 0.496 e. The second-order valence-corrected chi connectivity index (χ2v) is 6.28. The molecule has 0 atom stereocenters. The van der Waals surface area contributed by atoms with Crippen molar-refractivity contribution in [3.63, 3.8) is 0 Å². The summed E-state index contributed by atoms with van der Waals surface area (Å²) in [5, 5.41) is 0. The molecule has 104 valence electrons. The number of nitrogens with two attached hydrogens (primary N) is 1. The second-order valence-electron chi connectivity index (χ2n) is 6.28. The van der Waals surface area contributed by atoms with E-state index in [0.717, 1.165) is 12.3 Å². The minimum atomic E-state index is 0.287. The number of hydrogen-bond acceptors (Lipinski definition) is 2. The summed E-state index contributed by atoms with van der Waals surface area (Å²) >= 11 is 0. The maximum absolute atomic E-state index is 5.97. The van der Waals surface area contributed by atoms with E-state index in [1.807, 2.05) is 0 Å². The smallest absolute Gasteiger partial charge is 0.122 e. The van der Waals surface area contributed by atoms with Crippen LogP contribution in [-0.4, -0.2) is 13.7 Å². The molecule has 0 radical (unpaired) electrons. The van der Waals surface area contributed by atoms with Gasteiger partial charge in [0.25, 0.3) is 0 Å². The number of ether oxygens (including phenoxy) is 1. The maximum atomic E-state index is 5.97. The van der Waals surface area contributed by atoms with Crippen LogP contribution in [0.2, 0.25) is 0 Å². The zero-order valence-electron chi connectivity index (χ0n) is 12.0. The highest BCUT2D eigenvalue weighted by molar-refractivity contribution is 5.44. The molecule has 2 aliphatic rings. The number of benzene rings is 1. The molecule has 0 spiro atoms. The zero-order chi connectivity index (χ0) is 13.3. The lowest BCUT2D eigenvalue weighted by atomic mass is 9.81. The third-order valence-electron chi connectivity index (χ3n) is 5.13. The van der Waals surface area contributed by atoms with Crippen LogP contribution >= 0.6 is 0 Å². The van der Waals surface area contributed by atoms with Crippen LogP contribution in [0, 0.1) is 0 Å². The van der Waals surface area contributed by atoms with Crippen LogP contribution < -0.4 is 10.5 Å². The van der Waals surface area contributed by atoms with Crippen molar-refractivity contribution in [1.29, 1.82) is 0 Å². The van der Waals surface area contributed by atoms with E-state index in [1.54, 1.807) is 7.11 Å². The Balaban J connectivity index is 1.93. The average Bonchev–Trinajstić information content (AvgIpc) is 3.28. The molecule has 0 aliphatic heterocycles. The molecule has 1 aromatic carbocycles. The number of rotatable bonds is 4. The molecule has 2 fully saturated rings. The van der Waals surface area contributed by atoms with Gasteiger partial charge in [-0.1, -0.05) is 31.4 Å². The molecule has 2 saturated carbocycles. The third kappa shape index (κ3) is 2.38. The van der Waals surface area contributed by atoms with E-state index in [9.17, 15) is 0 Å².